The summed E-state index contributed by atoms with van der Waals surface area (Å²) in [6, 6.07) is 6.51. The molecule has 1 saturated carbocycles. The fourth-order valence-corrected chi connectivity index (χ4v) is 5.60. The molecule has 2 atom stereocenters. The summed E-state index contributed by atoms with van der Waals surface area (Å²) in [5.74, 6) is 1.30. The minimum absolute atomic E-state index is 0.00850. The highest BCUT2D eigenvalue weighted by atomic mass is 32.2. The number of carbonyl (C=O) groups excluding carboxylic acids is 2. The van der Waals surface area contributed by atoms with E-state index in [0.29, 0.717) is 29.7 Å². The Hall–Kier alpha value is -1.89. The third kappa shape index (κ3) is 4.74. The number of amides is 2. The first-order valence-electron chi connectivity index (χ1n) is 10.2. The second-order valence-corrected chi connectivity index (χ2v) is 8.49. The van der Waals surface area contributed by atoms with E-state index in [1.165, 1.54) is 19.3 Å². The number of para-hydroxylation sites is 2. The van der Waals surface area contributed by atoms with E-state index < -0.39 is 6.04 Å². The van der Waals surface area contributed by atoms with Crippen molar-refractivity contribution in [1.82, 2.24) is 4.90 Å². The molecule has 0 aromatic heterocycles. The Kier molecular flexibility index (Phi) is 7.48. The van der Waals surface area contributed by atoms with E-state index in [9.17, 15) is 9.59 Å². The molecule has 0 unspecified atom stereocenters. The largest absolute Gasteiger partial charge is 0.495 e. The van der Waals surface area contributed by atoms with E-state index in [0.717, 1.165) is 19.3 Å². The highest BCUT2D eigenvalue weighted by Crippen LogP contribution is 2.41. The molecule has 1 heterocycles. The summed E-state index contributed by atoms with van der Waals surface area (Å²) in [4.78, 5) is 27.6. The molecule has 1 N–H and O–H groups in total. The van der Waals surface area contributed by atoms with Gasteiger partial charge in [0.1, 0.15) is 11.8 Å². The second kappa shape index (κ2) is 10.0. The van der Waals surface area contributed by atoms with Gasteiger partial charge in [-0.15, -0.1) is 11.8 Å². The van der Waals surface area contributed by atoms with Crippen LogP contribution >= 0.6 is 11.8 Å². The quantitative estimate of drug-likeness (QED) is 0.704. The number of urea groups is 1. The first kappa shape index (κ1) is 20.8. The Morgan fingerprint density at radius 3 is 2.68 bits per heavy atom. The maximum absolute atomic E-state index is 13.3. The van der Waals surface area contributed by atoms with Gasteiger partial charge in [-0.1, -0.05) is 38.3 Å². The van der Waals surface area contributed by atoms with Crippen molar-refractivity contribution in [3.63, 3.8) is 0 Å². The number of nitrogens with zero attached hydrogens (tertiary/aromatic N) is 1. The standard InChI is InChI=1S/C21H30N2O4S/c1-3-13-27-20(24)17-14-28-19(15-9-5-4-6-10-15)23(17)21(25)22-16-11-7-8-12-18(16)26-2/h7-8,11-12,15,17,19H,3-6,9-10,13-14H2,1-2H3,(H,22,25)/t17-,19-/m1/s1. The minimum atomic E-state index is -0.543. The summed E-state index contributed by atoms with van der Waals surface area (Å²) >= 11 is 1.71. The van der Waals surface area contributed by atoms with Crippen LogP contribution < -0.4 is 10.1 Å². The lowest BCUT2D eigenvalue weighted by atomic mass is 9.88. The summed E-state index contributed by atoms with van der Waals surface area (Å²) in [6.07, 6.45) is 6.61. The van der Waals surface area contributed by atoms with Crippen molar-refractivity contribution < 1.29 is 19.1 Å². The van der Waals surface area contributed by atoms with Crippen LogP contribution in [0.3, 0.4) is 0 Å². The predicted molar refractivity (Wildman–Crippen MR) is 112 cm³/mol. The molecule has 1 saturated heterocycles. The average molecular weight is 407 g/mol. The molecule has 2 fully saturated rings. The van der Waals surface area contributed by atoms with Crippen molar-refractivity contribution in [2.75, 3.05) is 24.8 Å². The maximum Gasteiger partial charge on any atom is 0.329 e. The number of anilines is 1. The predicted octanol–water partition coefficient (Wildman–Crippen LogP) is 4.50. The van der Waals surface area contributed by atoms with Crippen LogP contribution in [-0.4, -0.2) is 47.8 Å². The molecule has 154 valence electrons. The first-order chi connectivity index (χ1) is 13.7. The van der Waals surface area contributed by atoms with Crippen LogP contribution in [0.5, 0.6) is 5.75 Å². The topological polar surface area (TPSA) is 67.9 Å². The summed E-state index contributed by atoms with van der Waals surface area (Å²) in [5, 5.41) is 2.96. The number of ether oxygens (including phenoxy) is 2. The Balaban J connectivity index is 1.80. The zero-order chi connectivity index (χ0) is 19.9. The lowest BCUT2D eigenvalue weighted by molar-refractivity contribution is -0.148. The molecule has 6 nitrogen and oxygen atoms in total. The number of hydrogen-bond acceptors (Lipinski definition) is 5. The molecule has 0 bridgehead atoms. The number of esters is 1. The van der Waals surface area contributed by atoms with Crippen molar-refractivity contribution in [2.24, 2.45) is 5.92 Å². The van der Waals surface area contributed by atoms with Crippen LogP contribution in [0.4, 0.5) is 10.5 Å². The van der Waals surface area contributed by atoms with Crippen LogP contribution in [0.2, 0.25) is 0 Å². The lowest BCUT2D eigenvalue weighted by Gasteiger charge is -2.35. The summed E-state index contributed by atoms with van der Waals surface area (Å²) in [6.45, 7) is 2.35. The van der Waals surface area contributed by atoms with Gasteiger partial charge in [0.15, 0.2) is 0 Å². The third-order valence-electron chi connectivity index (χ3n) is 5.39. The van der Waals surface area contributed by atoms with Crippen molar-refractivity contribution in [2.45, 2.75) is 56.9 Å². The molecule has 7 heteroatoms. The smallest absolute Gasteiger partial charge is 0.329 e. The third-order valence-corrected chi connectivity index (χ3v) is 6.85. The number of nitrogens with one attached hydrogen (secondary N) is 1. The SMILES string of the molecule is CCCOC(=O)[C@H]1CS[C@H](C2CCCCC2)N1C(=O)Nc1ccccc1OC. The molecular formula is C21H30N2O4S. The van der Waals surface area contributed by atoms with Gasteiger partial charge in [0.05, 0.1) is 24.8 Å². The summed E-state index contributed by atoms with van der Waals surface area (Å²) in [7, 11) is 1.58. The minimum Gasteiger partial charge on any atom is -0.495 e. The van der Waals surface area contributed by atoms with Gasteiger partial charge < -0.3 is 14.8 Å². The van der Waals surface area contributed by atoms with Crippen molar-refractivity contribution in [1.29, 1.82) is 0 Å². The highest BCUT2D eigenvalue weighted by molar-refractivity contribution is 8.00. The monoisotopic (exact) mass is 406 g/mol. The van der Waals surface area contributed by atoms with Crippen LogP contribution in [-0.2, 0) is 9.53 Å². The molecule has 1 aromatic carbocycles. The number of methoxy groups -OCH3 is 1. The Morgan fingerprint density at radius 2 is 1.96 bits per heavy atom. The fraction of sp³-hybridized carbons (Fsp3) is 0.619. The average Bonchev–Trinajstić information content (AvgIpc) is 3.18. The fourth-order valence-electron chi connectivity index (χ4n) is 3.98. The van der Waals surface area contributed by atoms with Crippen LogP contribution in [0.15, 0.2) is 24.3 Å². The number of thioether (sulfide) groups is 1. The van der Waals surface area contributed by atoms with E-state index in [1.54, 1.807) is 35.9 Å². The number of hydrogen-bond donors (Lipinski definition) is 1. The van der Waals surface area contributed by atoms with Gasteiger partial charge in [0, 0.05) is 5.75 Å². The van der Waals surface area contributed by atoms with Crippen molar-refractivity contribution in [3.05, 3.63) is 24.3 Å². The molecule has 2 aliphatic rings. The molecule has 3 rings (SSSR count). The van der Waals surface area contributed by atoms with E-state index in [4.69, 9.17) is 9.47 Å². The van der Waals surface area contributed by atoms with E-state index in [-0.39, 0.29) is 17.4 Å². The van der Waals surface area contributed by atoms with Gasteiger partial charge >= 0.3 is 12.0 Å². The molecule has 0 radical (unpaired) electrons. The first-order valence-corrected chi connectivity index (χ1v) is 11.2. The zero-order valence-electron chi connectivity index (χ0n) is 16.7. The Labute approximate surface area is 171 Å². The molecular weight excluding hydrogens is 376 g/mol. The molecule has 28 heavy (non-hydrogen) atoms. The van der Waals surface area contributed by atoms with Crippen molar-refractivity contribution >= 4 is 29.4 Å². The molecule has 1 aliphatic carbocycles. The number of benzene rings is 1. The maximum atomic E-state index is 13.3. The molecule has 0 spiro atoms. The number of rotatable bonds is 6. The van der Waals surface area contributed by atoms with Crippen LogP contribution in [0.1, 0.15) is 45.4 Å². The van der Waals surface area contributed by atoms with Gasteiger partial charge in [-0.25, -0.2) is 9.59 Å². The highest BCUT2D eigenvalue weighted by Gasteiger charge is 2.45. The van der Waals surface area contributed by atoms with Gasteiger partial charge in [-0.3, -0.25) is 4.90 Å². The Morgan fingerprint density at radius 1 is 1.21 bits per heavy atom. The van der Waals surface area contributed by atoms with Crippen LogP contribution in [0.25, 0.3) is 0 Å². The summed E-state index contributed by atoms with van der Waals surface area (Å²) < 4.78 is 10.7. The molecule has 1 aromatic rings. The van der Waals surface area contributed by atoms with E-state index in [2.05, 4.69) is 5.32 Å². The summed E-state index contributed by atoms with van der Waals surface area (Å²) in [5.41, 5.74) is 0.606. The van der Waals surface area contributed by atoms with E-state index >= 15 is 0 Å². The van der Waals surface area contributed by atoms with Gasteiger partial charge in [-0.2, -0.15) is 0 Å². The second-order valence-electron chi connectivity index (χ2n) is 7.34. The molecule has 1 aliphatic heterocycles. The van der Waals surface area contributed by atoms with Gasteiger partial charge in [-0.05, 0) is 37.3 Å². The lowest BCUT2D eigenvalue weighted by Crippen LogP contribution is -2.50. The van der Waals surface area contributed by atoms with Crippen LogP contribution in [0, 0.1) is 5.92 Å². The zero-order valence-corrected chi connectivity index (χ0v) is 17.5. The van der Waals surface area contributed by atoms with E-state index in [1.807, 2.05) is 19.1 Å². The van der Waals surface area contributed by atoms with Gasteiger partial charge in [0.2, 0.25) is 0 Å². The Bertz CT molecular complexity index is 678. The normalized spacial score (nSPS) is 22.7. The number of carbonyl (C=O) groups is 2. The van der Waals surface area contributed by atoms with Crippen molar-refractivity contribution in [3.8, 4) is 5.75 Å². The van der Waals surface area contributed by atoms with Gasteiger partial charge in [0.25, 0.3) is 0 Å². The molecule has 2 amide bonds.